The number of rotatable bonds is 2. The smallest absolute Gasteiger partial charge is 0.254 e. The SMILES string of the molecule is Cc1cc(=O)n2c3c(c4c(cc13)c(CN(C)C)cc(=O)n4C)OC2. The second-order valence-electron chi connectivity index (χ2n) is 6.67. The minimum atomic E-state index is -0.0769. The van der Waals surface area contributed by atoms with Crippen LogP contribution >= 0.6 is 0 Å². The maximum Gasteiger partial charge on any atom is 0.254 e. The third kappa shape index (κ3) is 1.93. The quantitative estimate of drug-likeness (QED) is 0.671. The monoisotopic (exact) mass is 325 g/mol. The molecule has 3 heterocycles. The van der Waals surface area contributed by atoms with Crippen LogP contribution < -0.4 is 15.9 Å². The number of fused-ring (bicyclic) bond motifs is 2. The van der Waals surface area contributed by atoms with Crippen LogP contribution in [0.4, 0.5) is 0 Å². The lowest BCUT2D eigenvalue weighted by Crippen LogP contribution is -2.20. The van der Waals surface area contributed by atoms with Crippen LogP contribution in [0.25, 0.3) is 21.8 Å². The van der Waals surface area contributed by atoms with Crippen molar-refractivity contribution in [3.8, 4) is 5.75 Å². The second kappa shape index (κ2) is 4.95. The largest absolute Gasteiger partial charge is 0.468 e. The Kier molecular flexibility index (Phi) is 3.08. The molecule has 0 spiro atoms. The minimum absolute atomic E-state index is 0.0763. The van der Waals surface area contributed by atoms with Crippen molar-refractivity contribution in [3.63, 3.8) is 0 Å². The number of benzene rings is 1. The average Bonchev–Trinajstić information content (AvgIpc) is 2.94. The van der Waals surface area contributed by atoms with Crippen molar-refractivity contribution in [2.75, 3.05) is 14.1 Å². The molecule has 6 nitrogen and oxygen atoms in total. The molecular formula is C18H19N3O3. The zero-order valence-electron chi connectivity index (χ0n) is 14.2. The van der Waals surface area contributed by atoms with Crippen molar-refractivity contribution >= 4 is 21.8 Å². The molecule has 0 N–H and O–H groups in total. The Morgan fingerprint density at radius 3 is 2.54 bits per heavy atom. The Bertz CT molecular complexity index is 1120. The van der Waals surface area contributed by atoms with E-state index in [1.54, 1.807) is 28.3 Å². The Morgan fingerprint density at radius 2 is 1.83 bits per heavy atom. The summed E-state index contributed by atoms with van der Waals surface area (Å²) in [6.07, 6.45) is 0. The molecule has 1 aromatic carbocycles. The molecule has 0 atom stereocenters. The molecule has 0 saturated carbocycles. The summed E-state index contributed by atoms with van der Waals surface area (Å²) in [5.41, 5.74) is 3.26. The van der Waals surface area contributed by atoms with Gasteiger partial charge in [-0.1, -0.05) is 0 Å². The van der Waals surface area contributed by atoms with Crippen LogP contribution in [0.1, 0.15) is 11.1 Å². The summed E-state index contributed by atoms with van der Waals surface area (Å²) in [6, 6.07) is 5.40. The molecule has 24 heavy (non-hydrogen) atoms. The van der Waals surface area contributed by atoms with Gasteiger partial charge in [0, 0.05) is 36.5 Å². The Labute approximate surface area is 138 Å². The molecule has 1 aliphatic heterocycles. The number of aromatic nitrogens is 2. The number of nitrogens with zero attached hydrogens (tertiary/aromatic N) is 3. The molecule has 0 aliphatic carbocycles. The molecule has 0 bridgehead atoms. The highest BCUT2D eigenvalue weighted by molar-refractivity contribution is 6.05. The van der Waals surface area contributed by atoms with Crippen LogP contribution in [0.3, 0.4) is 0 Å². The second-order valence-corrected chi connectivity index (χ2v) is 6.67. The first-order valence-corrected chi connectivity index (χ1v) is 7.86. The van der Waals surface area contributed by atoms with Crippen LogP contribution in [0.15, 0.2) is 27.8 Å². The normalized spacial score (nSPS) is 13.2. The minimum Gasteiger partial charge on any atom is -0.468 e. The standard InChI is InChI=1S/C18H19N3O3/c1-10-5-15(23)21-9-24-18-16-13(7-12(10)17(18)21)11(8-19(2)3)6-14(22)20(16)4/h5-7H,8-9H2,1-4H3. The van der Waals surface area contributed by atoms with E-state index >= 15 is 0 Å². The van der Waals surface area contributed by atoms with Crippen molar-refractivity contribution in [1.82, 2.24) is 14.0 Å². The van der Waals surface area contributed by atoms with Crippen LogP contribution in [0.5, 0.6) is 5.75 Å². The zero-order chi connectivity index (χ0) is 17.2. The summed E-state index contributed by atoms with van der Waals surface area (Å²) in [4.78, 5) is 26.7. The number of pyridine rings is 2. The topological polar surface area (TPSA) is 56.5 Å². The van der Waals surface area contributed by atoms with Gasteiger partial charge in [0.2, 0.25) is 0 Å². The van der Waals surface area contributed by atoms with E-state index in [-0.39, 0.29) is 17.8 Å². The van der Waals surface area contributed by atoms with Gasteiger partial charge < -0.3 is 14.2 Å². The van der Waals surface area contributed by atoms with Gasteiger partial charge >= 0.3 is 0 Å². The summed E-state index contributed by atoms with van der Waals surface area (Å²) in [5.74, 6) is 0.628. The molecule has 0 radical (unpaired) electrons. The lowest BCUT2D eigenvalue weighted by Gasteiger charge is -2.16. The van der Waals surface area contributed by atoms with Crippen LogP contribution in [-0.4, -0.2) is 28.1 Å². The van der Waals surface area contributed by atoms with Gasteiger partial charge in [-0.25, -0.2) is 0 Å². The first kappa shape index (κ1) is 15.0. The molecule has 124 valence electrons. The summed E-state index contributed by atoms with van der Waals surface area (Å²) in [5, 5.41) is 1.98. The van der Waals surface area contributed by atoms with E-state index in [4.69, 9.17) is 4.74 Å². The maximum absolute atomic E-state index is 12.4. The van der Waals surface area contributed by atoms with Crippen molar-refractivity contribution in [2.45, 2.75) is 20.2 Å². The van der Waals surface area contributed by atoms with Gasteiger partial charge in [-0.05, 0) is 38.2 Å². The fourth-order valence-electron chi connectivity index (χ4n) is 3.53. The number of hydrogen-bond acceptors (Lipinski definition) is 4. The van der Waals surface area contributed by atoms with E-state index in [1.165, 1.54) is 0 Å². The summed E-state index contributed by atoms with van der Waals surface area (Å²) in [6.45, 7) is 2.79. The maximum atomic E-state index is 12.4. The Balaban J connectivity index is 2.26. The van der Waals surface area contributed by atoms with E-state index in [9.17, 15) is 9.59 Å². The van der Waals surface area contributed by atoms with Crippen LogP contribution in [0, 0.1) is 6.92 Å². The van der Waals surface area contributed by atoms with Crippen LogP contribution in [0.2, 0.25) is 0 Å². The highest BCUT2D eigenvalue weighted by Gasteiger charge is 2.24. The molecule has 0 amide bonds. The fourth-order valence-corrected chi connectivity index (χ4v) is 3.53. The first-order valence-electron chi connectivity index (χ1n) is 7.86. The van der Waals surface area contributed by atoms with Crippen molar-refractivity contribution < 1.29 is 4.74 Å². The summed E-state index contributed by atoms with van der Waals surface area (Å²) in [7, 11) is 5.69. The Hall–Kier alpha value is -2.60. The van der Waals surface area contributed by atoms with E-state index in [1.807, 2.05) is 25.9 Å². The predicted molar refractivity (Wildman–Crippen MR) is 93.7 cm³/mol. The highest BCUT2D eigenvalue weighted by atomic mass is 16.5. The van der Waals surface area contributed by atoms with Crippen molar-refractivity contribution in [2.24, 2.45) is 7.05 Å². The van der Waals surface area contributed by atoms with Gasteiger partial charge in [0.05, 0.1) is 11.0 Å². The molecule has 0 unspecified atom stereocenters. The molecule has 1 aliphatic rings. The van der Waals surface area contributed by atoms with E-state index in [2.05, 4.69) is 6.07 Å². The molecule has 3 aromatic rings. The third-order valence-electron chi connectivity index (χ3n) is 4.66. The average molecular weight is 325 g/mol. The third-order valence-corrected chi connectivity index (χ3v) is 4.66. The van der Waals surface area contributed by atoms with Gasteiger partial charge in [-0.3, -0.25) is 14.2 Å². The van der Waals surface area contributed by atoms with E-state index < -0.39 is 0 Å². The van der Waals surface area contributed by atoms with Gasteiger partial charge in [0.15, 0.2) is 12.5 Å². The molecular weight excluding hydrogens is 306 g/mol. The number of ether oxygens (including phenoxy) is 1. The lowest BCUT2D eigenvalue weighted by atomic mass is 10.0. The van der Waals surface area contributed by atoms with Crippen LogP contribution in [-0.2, 0) is 20.3 Å². The molecule has 2 aromatic heterocycles. The van der Waals surface area contributed by atoms with E-state index in [0.717, 1.165) is 32.9 Å². The molecule has 0 saturated heterocycles. The fraction of sp³-hybridized carbons (Fsp3) is 0.333. The molecule has 6 heteroatoms. The van der Waals surface area contributed by atoms with Crippen molar-refractivity contribution in [3.05, 3.63) is 50.0 Å². The van der Waals surface area contributed by atoms with Gasteiger partial charge in [-0.15, -0.1) is 0 Å². The van der Waals surface area contributed by atoms with Gasteiger partial charge in [-0.2, -0.15) is 0 Å². The molecule has 0 fully saturated rings. The van der Waals surface area contributed by atoms with E-state index in [0.29, 0.717) is 12.3 Å². The lowest BCUT2D eigenvalue weighted by molar-refractivity contribution is 0.268. The van der Waals surface area contributed by atoms with Gasteiger partial charge in [0.1, 0.15) is 0 Å². The summed E-state index contributed by atoms with van der Waals surface area (Å²) >= 11 is 0. The Morgan fingerprint density at radius 1 is 1.08 bits per heavy atom. The van der Waals surface area contributed by atoms with Crippen molar-refractivity contribution in [1.29, 1.82) is 0 Å². The highest BCUT2D eigenvalue weighted by Crippen LogP contribution is 2.39. The summed E-state index contributed by atoms with van der Waals surface area (Å²) < 4.78 is 9.08. The first-order chi connectivity index (χ1) is 11.4. The zero-order valence-corrected chi connectivity index (χ0v) is 14.2. The van der Waals surface area contributed by atoms with Gasteiger partial charge in [0.25, 0.3) is 11.1 Å². The number of aryl methyl sites for hydroxylation is 2. The number of hydrogen-bond donors (Lipinski definition) is 0. The molecule has 4 rings (SSSR count). The predicted octanol–water partition coefficient (Wildman–Crippen LogP) is 1.57.